The molecule has 1 aromatic heterocycles. The summed E-state index contributed by atoms with van der Waals surface area (Å²) in [6.45, 7) is 7.08. The zero-order valence-corrected chi connectivity index (χ0v) is 11.1. The zero-order valence-electron chi connectivity index (χ0n) is 10.3. The van der Waals surface area contributed by atoms with Gasteiger partial charge in [0, 0.05) is 24.0 Å². The Hall–Kier alpha value is -0.940. The molecule has 1 heterocycles. The standard InChI is InChI=1S/C11H19N3OS/c1-11(2,3)8-7-13-10(16-8)14-9(15)5-6-12-4/h7,12H,5-6H2,1-4H3,(H,13,14,15). The molecule has 5 heteroatoms. The molecule has 0 fully saturated rings. The molecule has 0 saturated carbocycles. The van der Waals surface area contributed by atoms with Crippen molar-refractivity contribution in [2.45, 2.75) is 32.6 Å². The summed E-state index contributed by atoms with van der Waals surface area (Å²) in [5, 5.41) is 6.42. The molecule has 0 bridgehead atoms. The van der Waals surface area contributed by atoms with E-state index in [0.717, 1.165) is 0 Å². The molecular formula is C11H19N3OS. The smallest absolute Gasteiger partial charge is 0.227 e. The minimum Gasteiger partial charge on any atom is -0.319 e. The Morgan fingerprint density at radius 1 is 1.50 bits per heavy atom. The van der Waals surface area contributed by atoms with E-state index in [1.807, 2.05) is 13.2 Å². The fourth-order valence-electron chi connectivity index (χ4n) is 1.10. The summed E-state index contributed by atoms with van der Waals surface area (Å²) in [4.78, 5) is 16.8. The van der Waals surface area contributed by atoms with Crippen LogP contribution in [0.25, 0.3) is 0 Å². The summed E-state index contributed by atoms with van der Waals surface area (Å²) in [6.07, 6.45) is 2.30. The third-order valence-corrected chi connectivity index (χ3v) is 3.43. The topological polar surface area (TPSA) is 54.0 Å². The van der Waals surface area contributed by atoms with Gasteiger partial charge in [-0.3, -0.25) is 4.79 Å². The van der Waals surface area contributed by atoms with Crippen molar-refractivity contribution in [1.29, 1.82) is 0 Å². The van der Waals surface area contributed by atoms with E-state index in [0.29, 0.717) is 18.1 Å². The average Bonchev–Trinajstić information content (AvgIpc) is 2.62. The van der Waals surface area contributed by atoms with Gasteiger partial charge in [0.1, 0.15) is 0 Å². The first-order valence-electron chi connectivity index (χ1n) is 5.34. The summed E-state index contributed by atoms with van der Waals surface area (Å²) >= 11 is 1.54. The summed E-state index contributed by atoms with van der Waals surface area (Å²) < 4.78 is 0. The number of thiazole rings is 1. The summed E-state index contributed by atoms with van der Waals surface area (Å²) in [5.41, 5.74) is 0.0889. The van der Waals surface area contributed by atoms with Gasteiger partial charge in [0.15, 0.2) is 5.13 Å². The van der Waals surface area contributed by atoms with E-state index in [9.17, 15) is 4.79 Å². The van der Waals surface area contributed by atoms with E-state index in [1.165, 1.54) is 16.2 Å². The minimum atomic E-state index is 0.00385. The van der Waals surface area contributed by atoms with Gasteiger partial charge in [0.2, 0.25) is 5.91 Å². The Morgan fingerprint density at radius 2 is 2.19 bits per heavy atom. The first-order valence-corrected chi connectivity index (χ1v) is 6.16. The number of amides is 1. The number of hydrogen-bond acceptors (Lipinski definition) is 4. The second-order valence-corrected chi connectivity index (χ2v) is 5.71. The predicted molar refractivity (Wildman–Crippen MR) is 68.0 cm³/mol. The average molecular weight is 241 g/mol. The number of anilines is 1. The van der Waals surface area contributed by atoms with E-state index in [1.54, 1.807) is 0 Å². The van der Waals surface area contributed by atoms with Crippen LogP contribution in [0.15, 0.2) is 6.20 Å². The van der Waals surface area contributed by atoms with Crippen LogP contribution in [-0.2, 0) is 10.2 Å². The fraction of sp³-hybridized carbons (Fsp3) is 0.636. The lowest BCUT2D eigenvalue weighted by atomic mass is 9.96. The van der Waals surface area contributed by atoms with Crippen LogP contribution in [0.3, 0.4) is 0 Å². The highest BCUT2D eigenvalue weighted by molar-refractivity contribution is 7.15. The van der Waals surface area contributed by atoms with Gasteiger partial charge < -0.3 is 10.6 Å². The van der Waals surface area contributed by atoms with Gasteiger partial charge in [0.25, 0.3) is 0 Å². The highest BCUT2D eigenvalue weighted by atomic mass is 32.1. The normalized spacial score (nSPS) is 11.5. The molecule has 0 saturated heterocycles. The molecule has 0 unspecified atom stereocenters. The summed E-state index contributed by atoms with van der Waals surface area (Å²) in [5.74, 6) is 0.00385. The van der Waals surface area contributed by atoms with E-state index in [4.69, 9.17) is 0 Å². The number of carbonyl (C=O) groups is 1. The molecule has 1 rings (SSSR count). The molecule has 0 aliphatic heterocycles. The van der Waals surface area contributed by atoms with E-state index in [2.05, 4.69) is 36.4 Å². The number of rotatable bonds is 4. The van der Waals surface area contributed by atoms with Gasteiger partial charge in [-0.25, -0.2) is 4.98 Å². The van der Waals surface area contributed by atoms with Crippen molar-refractivity contribution >= 4 is 22.4 Å². The molecule has 0 radical (unpaired) electrons. The van der Waals surface area contributed by atoms with Crippen LogP contribution in [0.2, 0.25) is 0 Å². The number of carbonyl (C=O) groups excluding carboxylic acids is 1. The van der Waals surface area contributed by atoms with Gasteiger partial charge in [-0.1, -0.05) is 20.8 Å². The lowest BCUT2D eigenvalue weighted by Crippen LogP contribution is -2.18. The molecule has 0 aliphatic rings. The van der Waals surface area contributed by atoms with Gasteiger partial charge in [-0.2, -0.15) is 0 Å². The number of aromatic nitrogens is 1. The van der Waals surface area contributed by atoms with Gasteiger partial charge in [0.05, 0.1) is 0 Å². The lowest BCUT2D eigenvalue weighted by molar-refractivity contribution is -0.116. The quantitative estimate of drug-likeness (QED) is 0.847. The van der Waals surface area contributed by atoms with Crippen LogP contribution in [0.4, 0.5) is 5.13 Å². The molecule has 1 amide bonds. The van der Waals surface area contributed by atoms with Gasteiger partial charge in [-0.15, -0.1) is 11.3 Å². The molecule has 2 N–H and O–H groups in total. The Labute approximate surface area is 100 Å². The number of nitrogens with zero attached hydrogens (tertiary/aromatic N) is 1. The molecule has 1 aromatic rings. The Kier molecular flexibility index (Phi) is 4.44. The summed E-state index contributed by atoms with van der Waals surface area (Å²) in [7, 11) is 1.83. The maximum atomic E-state index is 11.4. The molecule has 0 atom stereocenters. The first kappa shape index (κ1) is 13.1. The number of hydrogen-bond donors (Lipinski definition) is 2. The SMILES string of the molecule is CNCCC(=O)Nc1ncc(C(C)(C)C)s1. The van der Waals surface area contributed by atoms with Crippen LogP contribution < -0.4 is 10.6 Å². The van der Waals surface area contributed by atoms with E-state index < -0.39 is 0 Å². The first-order chi connectivity index (χ1) is 7.43. The van der Waals surface area contributed by atoms with Crippen LogP contribution in [0.1, 0.15) is 32.1 Å². The molecule has 4 nitrogen and oxygen atoms in total. The maximum Gasteiger partial charge on any atom is 0.227 e. The van der Waals surface area contributed by atoms with Crippen LogP contribution in [0.5, 0.6) is 0 Å². The molecule has 0 spiro atoms. The van der Waals surface area contributed by atoms with Crippen molar-refractivity contribution in [1.82, 2.24) is 10.3 Å². The van der Waals surface area contributed by atoms with Crippen molar-refractivity contribution in [2.24, 2.45) is 0 Å². The van der Waals surface area contributed by atoms with Gasteiger partial charge in [-0.05, 0) is 12.5 Å². The Bertz CT molecular complexity index is 354. The highest BCUT2D eigenvalue weighted by Crippen LogP contribution is 2.29. The van der Waals surface area contributed by atoms with Gasteiger partial charge >= 0.3 is 0 Å². The minimum absolute atomic E-state index is 0.00385. The largest absolute Gasteiger partial charge is 0.319 e. The second-order valence-electron chi connectivity index (χ2n) is 4.68. The Morgan fingerprint density at radius 3 is 2.69 bits per heavy atom. The van der Waals surface area contributed by atoms with E-state index in [-0.39, 0.29) is 11.3 Å². The molecule has 16 heavy (non-hydrogen) atoms. The second kappa shape index (κ2) is 5.41. The molecule has 0 aliphatic carbocycles. The molecule has 0 aromatic carbocycles. The lowest BCUT2D eigenvalue weighted by Gasteiger charge is -2.14. The zero-order chi connectivity index (χ0) is 12.2. The van der Waals surface area contributed by atoms with Crippen molar-refractivity contribution < 1.29 is 4.79 Å². The maximum absolute atomic E-state index is 11.4. The monoisotopic (exact) mass is 241 g/mol. The van der Waals surface area contributed by atoms with Crippen molar-refractivity contribution in [3.05, 3.63) is 11.1 Å². The molecule has 90 valence electrons. The fourth-order valence-corrected chi connectivity index (χ4v) is 1.99. The third kappa shape index (κ3) is 3.90. The van der Waals surface area contributed by atoms with E-state index >= 15 is 0 Å². The van der Waals surface area contributed by atoms with Crippen LogP contribution >= 0.6 is 11.3 Å². The van der Waals surface area contributed by atoms with Crippen LogP contribution in [0, 0.1) is 0 Å². The molecular weight excluding hydrogens is 222 g/mol. The summed E-state index contributed by atoms with van der Waals surface area (Å²) in [6, 6.07) is 0. The predicted octanol–water partition coefficient (Wildman–Crippen LogP) is 1.99. The highest BCUT2D eigenvalue weighted by Gasteiger charge is 2.17. The third-order valence-electron chi connectivity index (χ3n) is 2.09. The Balaban J connectivity index is 2.56. The number of nitrogens with one attached hydrogen (secondary N) is 2. The van der Waals surface area contributed by atoms with Crippen LogP contribution in [-0.4, -0.2) is 24.5 Å². The van der Waals surface area contributed by atoms with Crippen molar-refractivity contribution in [2.75, 3.05) is 18.9 Å². The van der Waals surface area contributed by atoms with Crippen molar-refractivity contribution in [3.8, 4) is 0 Å². The van der Waals surface area contributed by atoms with Crippen molar-refractivity contribution in [3.63, 3.8) is 0 Å².